The molecule has 0 amide bonds. The lowest BCUT2D eigenvalue weighted by Crippen LogP contribution is -2.27. The van der Waals surface area contributed by atoms with Gasteiger partial charge in [-0.3, -0.25) is 0 Å². The smallest absolute Gasteiger partial charge is 0.272 e. The highest BCUT2D eigenvalue weighted by molar-refractivity contribution is 4.41. The number of hydrogen-bond donors (Lipinski definition) is 0. The molecule has 0 aliphatic heterocycles. The molecule has 0 saturated heterocycles. The highest BCUT2D eigenvalue weighted by Crippen LogP contribution is 2.06. The number of hydrogen-bond acceptors (Lipinski definition) is 3. The summed E-state index contributed by atoms with van der Waals surface area (Å²) in [6, 6.07) is 0. The van der Waals surface area contributed by atoms with Crippen LogP contribution in [0.5, 0.6) is 0 Å². The Bertz CT molecular complexity index is 114. The van der Waals surface area contributed by atoms with Crippen molar-refractivity contribution in [2.45, 2.75) is 66.1 Å². The summed E-state index contributed by atoms with van der Waals surface area (Å²) in [6.45, 7) is 10.2. The summed E-state index contributed by atoms with van der Waals surface area (Å²) in [5, 5.41) is 0. The van der Waals surface area contributed by atoms with Gasteiger partial charge in [-0.05, 0) is 34.1 Å². The second kappa shape index (κ2) is 8.21. The van der Waals surface area contributed by atoms with Gasteiger partial charge in [-0.2, -0.15) is 0 Å². The molecule has 0 heterocycles. The van der Waals surface area contributed by atoms with E-state index < -0.39 is 6.48 Å². The van der Waals surface area contributed by atoms with E-state index in [1.165, 1.54) is 0 Å². The van der Waals surface area contributed by atoms with Crippen LogP contribution in [0.3, 0.4) is 0 Å². The lowest BCUT2D eigenvalue weighted by molar-refractivity contribution is -0.311. The second-order valence-corrected chi connectivity index (χ2v) is 3.88. The van der Waals surface area contributed by atoms with Crippen molar-refractivity contribution in [2.24, 2.45) is 0 Å². The maximum Gasteiger partial charge on any atom is 0.272 e. The maximum atomic E-state index is 5.46. The molecule has 0 unspecified atom stereocenters. The first-order valence-corrected chi connectivity index (χ1v) is 5.48. The zero-order chi connectivity index (χ0) is 11.0. The molecule has 0 atom stereocenters. The van der Waals surface area contributed by atoms with Gasteiger partial charge in [0.15, 0.2) is 0 Å². The van der Waals surface area contributed by atoms with Crippen molar-refractivity contribution in [3.63, 3.8) is 0 Å². The van der Waals surface area contributed by atoms with Crippen LogP contribution in [-0.4, -0.2) is 25.3 Å². The van der Waals surface area contributed by atoms with E-state index in [-0.39, 0.29) is 12.2 Å². The molecule has 0 aliphatic carbocycles. The predicted octanol–water partition coefficient (Wildman–Crippen LogP) is 2.94. The molecule has 86 valence electrons. The fourth-order valence-electron chi connectivity index (χ4n) is 0.879. The SMILES string of the molecule is CCCCOC(OC(C)C)OC(C)C. The molecule has 14 heavy (non-hydrogen) atoms. The predicted molar refractivity (Wildman–Crippen MR) is 57.1 cm³/mol. The van der Waals surface area contributed by atoms with Crippen LogP contribution >= 0.6 is 0 Å². The standard InChI is InChI=1S/C11H24O3/c1-6-7-8-12-11(13-9(2)3)14-10(4)5/h9-11H,6-8H2,1-5H3. The van der Waals surface area contributed by atoms with E-state index >= 15 is 0 Å². The summed E-state index contributed by atoms with van der Waals surface area (Å²) >= 11 is 0. The quantitative estimate of drug-likeness (QED) is 0.449. The van der Waals surface area contributed by atoms with Crippen molar-refractivity contribution in [1.29, 1.82) is 0 Å². The fraction of sp³-hybridized carbons (Fsp3) is 1.00. The fourth-order valence-corrected chi connectivity index (χ4v) is 0.879. The van der Waals surface area contributed by atoms with Crippen molar-refractivity contribution in [2.75, 3.05) is 6.61 Å². The Kier molecular flexibility index (Phi) is 8.14. The van der Waals surface area contributed by atoms with Gasteiger partial charge in [-0.25, -0.2) is 0 Å². The van der Waals surface area contributed by atoms with Crippen molar-refractivity contribution in [3.8, 4) is 0 Å². The van der Waals surface area contributed by atoms with Crippen LogP contribution in [0.4, 0.5) is 0 Å². The summed E-state index contributed by atoms with van der Waals surface area (Å²) < 4.78 is 16.4. The van der Waals surface area contributed by atoms with E-state index in [0.29, 0.717) is 6.61 Å². The van der Waals surface area contributed by atoms with Crippen LogP contribution in [0.15, 0.2) is 0 Å². The monoisotopic (exact) mass is 204 g/mol. The highest BCUT2D eigenvalue weighted by atomic mass is 16.8. The summed E-state index contributed by atoms with van der Waals surface area (Å²) in [6.07, 6.45) is 2.41. The molecular weight excluding hydrogens is 180 g/mol. The van der Waals surface area contributed by atoms with Crippen LogP contribution in [0.1, 0.15) is 47.5 Å². The van der Waals surface area contributed by atoms with E-state index in [4.69, 9.17) is 14.2 Å². The number of rotatable bonds is 8. The molecule has 0 N–H and O–H groups in total. The van der Waals surface area contributed by atoms with Crippen LogP contribution in [0, 0.1) is 0 Å². The van der Waals surface area contributed by atoms with Crippen LogP contribution in [0.25, 0.3) is 0 Å². The van der Waals surface area contributed by atoms with E-state index in [1.807, 2.05) is 27.7 Å². The minimum atomic E-state index is -0.512. The van der Waals surface area contributed by atoms with Gasteiger partial charge in [-0.1, -0.05) is 13.3 Å². The number of ether oxygens (including phenoxy) is 3. The molecular formula is C11H24O3. The van der Waals surface area contributed by atoms with Crippen molar-refractivity contribution in [3.05, 3.63) is 0 Å². The van der Waals surface area contributed by atoms with Gasteiger partial charge in [-0.15, -0.1) is 0 Å². The Morgan fingerprint density at radius 3 is 1.79 bits per heavy atom. The summed E-state index contributed by atoms with van der Waals surface area (Å²) in [5.41, 5.74) is 0. The van der Waals surface area contributed by atoms with Crippen molar-refractivity contribution in [1.82, 2.24) is 0 Å². The summed E-state index contributed by atoms with van der Waals surface area (Å²) in [4.78, 5) is 0. The molecule has 0 aliphatic rings. The van der Waals surface area contributed by atoms with E-state index in [1.54, 1.807) is 0 Å². The maximum absolute atomic E-state index is 5.46. The Morgan fingerprint density at radius 1 is 0.929 bits per heavy atom. The Morgan fingerprint density at radius 2 is 1.43 bits per heavy atom. The molecule has 0 aromatic rings. The summed E-state index contributed by atoms with van der Waals surface area (Å²) in [7, 11) is 0. The Labute approximate surface area is 87.7 Å². The first-order valence-electron chi connectivity index (χ1n) is 5.48. The van der Waals surface area contributed by atoms with Gasteiger partial charge in [0.1, 0.15) is 0 Å². The third kappa shape index (κ3) is 8.48. The lowest BCUT2D eigenvalue weighted by Gasteiger charge is -2.22. The topological polar surface area (TPSA) is 27.7 Å². The second-order valence-electron chi connectivity index (χ2n) is 3.88. The molecule has 0 spiro atoms. The van der Waals surface area contributed by atoms with Crippen molar-refractivity contribution >= 4 is 0 Å². The van der Waals surface area contributed by atoms with Crippen LogP contribution in [-0.2, 0) is 14.2 Å². The van der Waals surface area contributed by atoms with Crippen molar-refractivity contribution < 1.29 is 14.2 Å². The molecule has 0 radical (unpaired) electrons. The Hall–Kier alpha value is -0.120. The van der Waals surface area contributed by atoms with E-state index in [0.717, 1.165) is 12.8 Å². The molecule has 0 rings (SSSR count). The first-order chi connectivity index (χ1) is 6.56. The van der Waals surface area contributed by atoms with Crippen LogP contribution in [0.2, 0.25) is 0 Å². The lowest BCUT2D eigenvalue weighted by atomic mass is 10.4. The molecule has 0 aromatic carbocycles. The molecule has 0 fully saturated rings. The van der Waals surface area contributed by atoms with Gasteiger partial charge < -0.3 is 14.2 Å². The zero-order valence-corrected chi connectivity index (χ0v) is 10.1. The molecule has 0 saturated carbocycles. The minimum absolute atomic E-state index is 0.125. The summed E-state index contributed by atoms with van der Waals surface area (Å²) in [5.74, 6) is 0. The average molecular weight is 204 g/mol. The highest BCUT2D eigenvalue weighted by Gasteiger charge is 2.13. The number of unbranched alkanes of at least 4 members (excludes halogenated alkanes) is 1. The largest absolute Gasteiger partial charge is 0.330 e. The third-order valence-electron chi connectivity index (χ3n) is 1.52. The van der Waals surface area contributed by atoms with Gasteiger partial charge in [0, 0.05) is 0 Å². The molecule has 3 nitrogen and oxygen atoms in total. The first kappa shape index (κ1) is 13.9. The average Bonchev–Trinajstić information content (AvgIpc) is 2.02. The Balaban J connectivity index is 3.72. The van der Waals surface area contributed by atoms with Gasteiger partial charge in [0.05, 0.1) is 18.8 Å². The minimum Gasteiger partial charge on any atom is -0.330 e. The van der Waals surface area contributed by atoms with Crippen LogP contribution < -0.4 is 0 Å². The van der Waals surface area contributed by atoms with Gasteiger partial charge in [0.25, 0.3) is 6.48 Å². The molecule has 3 heteroatoms. The van der Waals surface area contributed by atoms with E-state index in [9.17, 15) is 0 Å². The third-order valence-corrected chi connectivity index (χ3v) is 1.52. The zero-order valence-electron chi connectivity index (χ0n) is 10.1. The van der Waals surface area contributed by atoms with Gasteiger partial charge >= 0.3 is 0 Å². The molecule has 0 aromatic heterocycles. The van der Waals surface area contributed by atoms with Gasteiger partial charge in [0.2, 0.25) is 0 Å². The normalized spacial score (nSPS) is 12.0. The molecule has 0 bridgehead atoms. The van der Waals surface area contributed by atoms with E-state index in [2.05, 4.69) is 6.92 Å².